The Kier molecular flexibility index (Phi) is 5.39. The molecule has 2 aromatic carbocycles. The van der Waals surface area contributed by atoms with Gasteiger partial charge < -0.3 is 14.3 Å². The van der Waals surface area contributed by atoms with E-state index in [-0.39, 0.29) is 11.7 Å². The molecular formula is C18H15N3O8. The van der Waals surface area contributed by atoms with Crippen LogP contribution in [-0.2, 0) is 4.84 Å². The fraction of sp³-hybridized carbons (Fsp3) is 0.222. The zero-order valence-electron chi connectivity index (χ0n) is 15.4. The number of rotatable bonds is 5. The van der Waals surface area contributed by atoms with Crippen LogP contribution >= 0.6 is 0 Å². The van der Waals surface area contributed by atoms with Crippen molar-refractivity contribution in [2.24, 2.45) is 5.16 Å². The van der Waals surface area contributed by atoms with Crippen molar-refractivity contribution >= 4 is 23.1 Å². The molecule has 0 amide bonds. The van der Waals surface area contributed by atoms with Crippen LogP contribution in [0.1, 0.15) is 29.3 Å². The fourth-order valence-corrected chi connectivity index (χ4v) is 2.77. The summed E-state index contributed by atoms with van der Waals surface area (Å²) in [6.07, 6.45) is 0.104. The molecule has 0 spiro atoms. The number of benzene rings is 2. The molecule has 2 aromatic rings. The maximum atomic E-state index is 12.3. The van der Waals surface area contributed by atoms with E-state index in [9.17, 15) is 25.0 Å². The van der Waals surface area contributed by atoms with E-state index in [1.165, 1.54) is 7.11 Å². The molecule has 1 aliphatic rings. The van der Waals surface area contributed by atoms with E-state index in [0.717, 1.165) is 18.2 Å². The van der Waals surface area contributed by atoms with Gasteiger partial charge in [-0.3, -0.25) is 20.2 Å². The molecule has 1 aliphatic heterocycles. The van der Waals surface area contributed by atoms with Crippen LogP contribution in [0.25, 0.3) is 0 Å². The van der Waals surface area contributed by atoms with E-state index in [4.69, 9.17) is 14.3 Å². The predicted molar refractivity (Wildman–Crippen MR) is 99.4 cm³/mol. The minimum atomic E-state index is -1.06. The molecular weight excluding hydrogens is 386 g/mol. The SMILES string of the molecule is COc1ccc2c(c1)O[C@H](C)C/C2=N\OC(=O)c1cc([N+](=O)[O-])cc([N+](=O)[O-])c1. The molecule has 3 rings (SSSR count). The number of fused-ring (bicyclic) bond motifs is 1. The van der Waals surface area contributed by atoms with Gasteiger partial charge in [0, 0.05) is 30.2 Å². The van der Waals surface area contributed by atoms with Crippen molar-refractivity contribution in [3.05, 3.63) is 67.8 Å². The summed E-state index contributed by atoms with van der Waals surface area (Å²) in [5.41, 5.74) is -0.534. The van der Waals surface area contributed by atoms with Crippen molar-refractivity contribution in [3.8, 4) is 11.5 Å². The summed E-state index contributed by atoms with van der Waals surface area (Å²) >= 11 is 0. The highest BCUT2D eigenvalue weighted by molar-refractivity contribution is 6.04. The third-order valence-corrected chi connectivity index (χ3v) is 4.11. The van der Waals surface area contributed by atoms with Gasteiger partial charge in [0.1, 0.15) is 17.6 Å². The van der Waals surface area contributed by atoms with Crippen LogP contribution in [0, 0.1) is 20.2 Å². The topological polar surface area (TPSA) is 143 Å². The van der Waals surface area contributed by atoms with Crippen LogP contribution < -0.4 is 9.47 Å². The first-order valence-corrected chi connectivity index (χ1v) is 8.35. The van der Waals surface area contributed by atoms with Gasteiger partial charge in [0.25, 0.3) is 11.4 Å². The number of carbonyl (C=O) groups excluding carboxylic acids is 1. The largest absolute Gasteiger partial charge is 0.497 e. The van der Waals surface area contributed by atoms with Gasteiger partial charge in [0.2, 0.25) is 0 Å². The lowest BCUT2D eigenvalue weighted by Crippen LogP contribution is -2.25. The highest BCUT2D eigenvalue weighted by atomic mass is 16.7. The van der Waals surface area contributed by atoms with Gasteiger partial charge in [0.15, 0.2) is 0 Å². The Balaban J connectivity index is 1.90. The molecule has 0 unspecified atom stereocenters. The normalized spacial score (nSPS) is 16.5. The maximum Gasteiger partial charge on any atom is 0.366 e. The Labute approximate surface area is 163 Å². The summed E-state index contributed by atoms with van der Waals surface area (Å²) in [4.78, 5) is 37.5. The molecule has 0 N–H and O–H groups in total. The van der Waals surface area contributed by atoms with E-state index < -0.39 is 27.2 Å². The molecule has 29 heavy (non-hydrogen) atoms. The Morgan fingerprint density at radius 3 is 2.38 bits per heavy atom. The third-order valence-electron chi connectivity index (χ3n) is 4.11. The van der Waals surface area contributed by atoms with Gasteiger partial charge in [-0.05, 0) is 19.1 Å². The second-order valence-electron chi connectivity index (χ2n) is 6.16. The van der Waals surface area contributed by atoms with Crippen LogP contribution in [0.4, 0.5) is 11.4 Å². The Morgan fingerprint density at radius 1 is 1.14 bits per heavy atom. The average Bonchev–Trinajstić information content (AvgIpc) is 2.70. The van der Waals surface area contributed by atoms with Crippen molar-refractivity contribution in [2.75, 3.05) is 7.11 Å². The Hall–Kier alpha value is -4.02. The molecule has 0 saturated heterocycles. The summed E-state index contributed by atoms with van der Waals surface area (Å²) in [6, 6.07) is 7.60. The second kappa shape index (κ2) is 7.92. The molecule has 0 fully saturated rings. The third kappa shape index (κ3) is 4.29. The van der Waals surface area contributed by atoms with Crippen molar-refractivity contribution in [1.82, 2.24) is 0 Å². The second-order valence-corrected chi connectivity index (χ2v) is 6.16. The number of hydrogen-bond donors (Lipinski definition) is 0. The van der Waals surface area contributed by atoms with E-state index in [1.807, 2.05) is 6.92 Å². The van der Waals surface area contributed by atoms with Crippen LogP contribution in [0.5, 0.6) is 11.5 Å². The molecule has 1 atom stereocenters. The Bertz CT molecular complexity index is 1000. The van der Waals surface area contributed by atoms with E-state index in [2.05, 4.69) is 5.16 Å². The molecule has 11 nitrogen and oxygen atoms in total. The number of nitro groups is 2. The molecule has 0 aliphatic carbocycles. The van der Waals surface area contributed by atoms with Crippen molar-refractivity contribution in [2.45, 2.75) is 19.4 Å². The highest BCUT2D eigenvalue weighted by Crippen LogP contribution is 2.32. The van der Waals surface area contributed by atoms with Crippen LogP contribution in [0.2, 0.25) is 0 Å². The number of oxime groups is 1. The minimum Gasteiger partial charge on any atom is -0.497 e. The van der Waals surface area contributed by atoms with Crippen LogP contribution in [-0.4, -0.2) is 34.7 Å². The first-order valence-electron chi connectivity index (χ1n) is 8.35. The van der Waals surface area contributed by atoms with Crippen molar-refractivity contribution in [3.63, 3.8) is 0 Å². The van der Waals surface area contributed by atoms with Gasteiger partial charge in [-0.15, -0.1) is 0 Å². The van der Waals surface area contributed by atoms with E-state index >= 15 is 0 Å². The van der Waals surface area contributed by atoms with Gasteiger partial charge in [-0.25, -0.2) is 4.79 Å². The fourth-order valence-electron chi connectivity index (χ4n) is 2.77. The molecule has 0 saturated carbocycles. The quantitative estimate of drug-likeness (QED) is 0.422. The van der Waals surface area contributed by atoms with Gasteiger partial charge in [0.05, 0.1) is 34.3 Å². The van der Waals surface area contributed by atoms with E-state index in [0.29, 0.717) is 29.2 Å². The zero-order valence-corrected chi connectivity index (χ0v) is 15.4. The summed E-state index contributed by atoms with van der Waals surface area (Å²) in [5.74, 6) is 0.0282. The summed E-state index contributed by atoms with van der Waals surface area (Å²) in [7, 11) is 1.52. The Morgan fingerprint density at radius 2 is 1.79 bits per heavy atom. The first kappa shape index (κ1) is 19.7. The minimum absolute atomic E-state index is 0.244. The lowest BCUT2D eigenvalue weighted by molar-refractivity contribution is -0.394. The number of nitro benzene ring substituents is 2. The van der Waals surface area contributed by atoms with Gasteiger partial charge >= 0.3 is 5.97 Å². The van der Waals surface area contributed by atoms with Gasteiger partial charge in [-0.2, -0.15) is 0 Å². The standard InChI is InChI=1S/C18H15N3O8/c1-10-5-16(15-4-3-14(27-2)9-17(15)28-10)19-29-18(22)11-6-12(20(23)24)8-13(7-11)21(25)26/h3-4,6-10H,5H2,1-2H3/b19-16+/t10-/m1/s1. The molecule has 150 valence electrons. The highest BCUT2D eigenvalue weighted by Gasteiger charge is 2.25. The zero-order chi connectivity index (χ0) is 21.1. The molecule has 0 radical (unpaired) electrons. The van der Waals surface area contributed by atoms with Crippen LogP contribution in [0.15, 0.2) is 41.6 Å². The first-order chi connectivity index (χ1) is 13.8. The average molecular weight is 401 g/mol. The number of hydrogen-bond acceptors (Lipinski definition) is 9. The maximum absolute atomic E-state index is 12.3. The van der Waals surface area contributed by atoms with Crippen molar-refractivity contribution in [1.29, 1.82) is 0 Å². The molecule has 0 aromatic heterocycles. The van der Waals surface area contributed by atoms with Crippen molar-refractivity contribution < 1.29 is 29.0 Å². The lowest BCUT2D eigenvalue weighted by atomic mass is 10.0. The van der Waals surface area contributed by atoms with Crippen LogP contribution in [0.3, 0.4) is 0 Å². The smallest absolute Gasteiger partial charge is 0.366 e. The summed E-state index contributed by atoms with van der Waals surface area (Å²) in [6.45, 7) is 1.81. The predicted octanol–water partition coefficient (Wildman–Crippen LogP) is 3.24. The molecule has 1 heterocycles. The lowest BCUT2D eigenvalue weighted by Gasteiger charge is -2.24. The van der Waals surface area contributed by atoms with E-state index in [1.54, 1.807) is 18.2 Å². The summed E-state index contributed by atoms with van der Waals surface area (Å²) in [5, 5.41) is 25.8. The monoisotopic (exact) mass is 401 g/mol. The number of non-ortho nitro benzene ring substituents is 2. The molecule has 0 bridgehead atoms. The molecule has 11 heteroatoms. The number of nitrogens with zero attached hydrogens (tertiary/aromatic N) is 3. The number of methoxy groups -OCH3 is 1. The number of ether oxygens (including phenoxy) is 2. The number of carbonyl (C=O) groups is 1. The summed E-state index contributed by atoms with van der Waals surface area (Å²) < 4.78 is 10.9. The van der Waals surface area contributed by atoms with Gasteiger partial charge in [-0.1, -0.05) is 5.16 Å².